The summed E-state index contributed by atoms with van der Waals surface area (Å²) in [6, 6.07) is 9.59. The smallest absolute Gasteiger partial charge is 0.236 e. The zero-order chi connectivity index (χ0) is 18.5. The number of amides is 1. The van der Waals surface area contributed by atoms with E-state index >= 15 is 0 Å². The number of hydrogen-bond donors (Lipinski definition) is 1. The molecule has 1 aliphatic heterocycles. The first-order valence-electron chi connectivity index (χ1n) is 8.57. The number of hydrogen-bond acceptors (Lipinski definition) is 4. The fourth-order valence-electron chi connectivity index (χ4n) is 3.13. The molecular formula is C19H23Cl3N4O. The Balaban J connectivity index is 0.00000261. The Morgan fingerprint density at radius 3 is 2.85 bits per heavy atom. The molecule has 1 N–H and O–H groups in total. The molecule has 1 unspecified atom stereocenters. The summed E-state index contributed by atoms with van der Waals surface area (Å²) in [5.74, 6) is 0.0758. The van der Waals surface area contributed by atoms with Crippen molar-refractivity contribution in [3.8, 4) is 0 Å². The minimum atomic E-state index is 0. The standard InChI is InChI=1S/C19H22Cl2N4O.ClH/c1-24(12-14-4-5-16(20)17(21)9-14)19(26)13-25-8-7-23-11-18(25)15-3-2-6-22-10-15;/h2-6,9-10,18,23H,7-8,11-13H2,1H3;1H. The number of piperazine rings is 1. The highest BCUT2D eigenvalue weighted by atomic mass is 35.5. The first-order chi connectivity index (χ1) is 12.5. The molecule has 27 heavy (non-hydrogen) atoms. The molecule has 1 aromatic heterocycles. The van der Waals surface area contributed by atoms with Crippen molar-refractivity contribution in [3.63, 3.8) is 0 Å². The summed E-state index contributed by atoms with van der Waals surface area (Å²) in [6.07, 6.45) is 3.63. The number of carbonyl (C=O) groups is 1. The van der Waals surface area contributed by atoms with Crippen LogP contribution in [0, 0.1) is 0 Å². The largest absolute Gasteiger partial charge is 0.340 e. The van der Waals surface area contributed by atoms with Crippen molar-refractivity contribution >= 4 is 41.5 Å². The van der Waals surface area contributed by atoms with Crippen LogP contribution in [0.1, 0.15) is 17.2 Å². The Morgan fingerprint density at radius 2 is 2.15 bits per heavy atom. The summed E-state index contributed by atoms with van der Waals surface area (Å²) in [4.78, 5) is 20.9. The molecule has 0 saturated carbocycles. The predicted octanol–water partition coefficient (Wildman–Crippen LogP) is 3.42. The topological polar surface area (TPSA) is 48.5 Å². The summed E-state index contributed by atoms with van der Waals surface area (Å²) >= 11 is 12.0. The summed E-state index contributed by atoms with van der Waals surface area (Å²) in [5.41, 5.74) is 2.08. The van der Waals surface area contributed by atoms with E-state index in [-0.39, 0.29) is 24.4 Å². The van der Waals surface area contributed by atoms with Gasteiger partial charge in [0.05, 0.1) is 16.6 Å². The van der Waals surface area contributed by atoms with E-state index in [0.29, 0.717) is 23.1 Å². The van der Waals surface area contributed by atoms with Crippen molar-refractivity contribution in [1.29, 1.82) is 0 Å². The van der Waals surface area contributed by atoms with Gasteiger partial charge in [-0.15, -0.1) is 12.4 Å². The number of rotatable bonds is 5. The number of halogens is 3. The molecule has 2 heterocycles. The lowest BCUT2D eigenvalue weighted by Crippen LogP contribution is -2.49. The van der Waals surface area contributed by atoms with Gasteiger partial charge in [-0.05, 0) is 29.3 Å². The molecule has 0 aliphatic carbocycles. The van der Waals surface area contributed by atoms with E-state index in [4.69, 9.17) is 23.2 Å². The van der Waals surface area contributed by atoms with Gasteiger partial charge in [0, 0.05) is 51.7 Å². The first-order valence-corrected chi connectivity index (χ1v) is 9.33. The van der Waals surface area contributed by atoms with Crippen LogP contribution in [-0.4, -0.2) is 53.9 Å². The summed E-state index contributed by atoms with van der Waals surface area (Å²) in [5, 5.41) is 4.42. The second kappa shape index (κ2) is 10.2. The lowest BCUT2D eigenvalue weighted by molar-refractivity contribution is -0.132. The highest BCUT2D eigenvalue weighted by molar-refractivity contribution is 6.42. The van der Waals surface area contributed by atoms with Gasteiger partial charge in [-0.3, -0.25) is 14.7 Å². The number of nitrogens with zero attached hydrogens (tertiary/aromatic N) is 3. The van der Waals surface area contributed by atoms with E-state index in [1.165, 1.54) is 0 Å². The fourth-order valence-corrected chi connectivity index (χ4v) is 3.45. The molecule has 0 radical (unpaired) electrons. The van der Waals surface area contributed by atoms with Crippen molar-refractivity contribution in [2.75, 3.05) is 33.2 Å². The maximum Gasteiger partial charge on any atom is 0.236 e. The van der Waals surface area contributed by atoms with Crippen LogP contribution in [0.2, 0.25) is 10.0 Å². The van der Waals surface area contributed by atoms with Gasteiger partial charge in [-0.2, -0.15) is 0 Å². The van der Waals surface area contributed by atoms with Crippen LogP contribution >= 0.6 is 35.6 Å². The van der Waals surface area contributed by atoms with E-state index in [0.717, 1.165) is 30.8 Å². The van der Waals surface area contributed by atoms with E-state index in [9.17, 15) is 4.79 Å². The molecule has 2 aromatic rings. The molecule has 3 rings (SSSR count). The third kappa shape index (κ3) is 5.80. The van der Waals surface area contributed by atoms with Gasteiger partial charge >= 0.3 is 0 Å². The SMILES string of the molecule is CN(Cc1ccc(Cl)c(Cl)c1)C(=O)CN1CCNCC1c1cccnc1.Cl. The van der Waals surface area contributed by atoms with Crippen LogP contribution in [0.15, 0.2) is 42.7 Å². The molecule has 0 spiro atoms. The molecule has 5 nitrogen and oxygen atoms in total. The second-order valence-electron chi connectivity index (χ2n) is 6.48. The van der Waals surface area contributed by atoms with Gasteiger partial charge < -0.3 is 10.2 Å². The molecule has 1 saturated heterocycles. The molecule has 8 heteroatoms. The van der Waals surface area contributed by atoms with Crippen molar-refractivity contribution in [2.24, 2.45) is 0 Å². The summed E-state index contributed by atoms with van der Waals surface area (Å²) in [6.45, 7) is 3.39. The zero-order valence-electron chi connectivity index (χ0n) is 15.1. The van der Waals surface area contributed by atoms with Crippen LogP contribution in [0.5, 0.6) is 0 Å². The molecule has 1 atom stereocenters. The number of carbonyl (C=O) groups excluding carboxylic acids is 1. The van der Waals surface area contributed by atoms with Gasteiger partial charge in [0.2, 0.25) is 5.91 Å². The molecule has 0 bridgehead atoms. The molecule has 146 valence electrons. The number of pyridine rings is 1. The minimum absolute atomic E-state index is 0. The fraction of sp³-hybridized carbons (Fsp3) is 0.368. The Labute approximate surface area is 176 Å². The Morgan fingerprint density at radius 1 is 1.33 bits per heavy atom. The normalized spacial score (nSPS) is 17.2. The third-order valence-corrected chi connectivity index (χ3v) is 5.33. The van der Waals surface area contributed by atoms with Crippen molar-refractivity contribution in [3.05, 3.63) is 63.9 Å². The maximum atomic E-state index is 12.7. The number of likely N-dealkylation sites (N-methyl/N-ethyl adjacent to an activating group) is 1. The zero-order valence-corrected chi connectivity index (χ0v) is 17.4. The quantitative estimate of drug-likeness (QED) is 0.791. The van der Waals surface area contributed by atoms with E-state index in [2.05, 4.69) is 21.3 Å². The first kappa shape index (κ1) is 21.9. The molecule has 1 amide bonds. The lowest BCUT2D eigenvalue weighted by Gasteiger charge is -2.36. The van der Waals surface area contributed by atoms with Gasteiger partial charge in [0.1, 0.15) is 0 Å². The van der Waals surface area contributed by atoms with Crippen LogP contribution < -0.4 is 5.32 Å². The Bertz CT molecular complexity index is 760. The van der Waals surface area contributed by atoms with Crippen LogP contribution in [0.25, 0.3) is 0 Å². The van der Waals surface area contributed by atoms with E-state index in [1.807, 2.05) is 25.4 Å². The highest BCUT2D eigenvalue weighted by Crippen LogP contribution is 2.24. The lowest BCUT2D eigenvalue weighted by atomic mass is 10.1. The number of benzene rings is 1. The second-order valence-corrected chi connectivity index (χ2v) is 7.29. The molecular weight excluding hydrogens is 407 g/mol. The molecule has 1 aliphatic rings. The van der Waals surface area contributed by atoms with Crippen LogP contribution in [-0.2, 0) is 11.3 Å². The molecule has 1 fully saturated rings. The maximum absolute atomic E-state index is 12.7. The van der Waals surface area contributed by atoms with Gasteiger partial charge in [0.25, 0.3) is 0 Å². The Kier molecular flexibility index (Phi) is 8.32. The van der Waals surface area contributed by atoms with Crippen molar-refractivity contribution in [2.45, 2.75) is 12.6 Å². The van der Waals surface area contributed by atoms with Gasteiger partial charge in [-0.25, -0.2) is 0 Å². The minimum Gasteiger partial charge on any atom is -0.340 e. The highest BCUT2D eigenvalue weighted by Gasteiger charge is 2.26. The summed E-state index contributed by atoms with van der Waals surface area (Å²) < 4.78 is 0. The average molecular weight is 430 g/mol. The number of aromatic nitrogens is 1. The van der Waals surface area contributed by atoms with E-state index in [1.54, 1.807) is 23.2 Å². The summed E-state index contributed by atoms with van der Waals surface area (Å²) in [7, 11) is 1.81. The Hall–Kier alpha value is -1.37. The predicted molar refractivity (Wildman–Crippen MR) is 112 cm³/mol. The number of nitrogens with one attached hydrogen (secondary N) is 1. The van der Waals surface area contributed by atoms with Crippen LogP contribution in [0.4, 0.5) is 0 Å². The van der Waals surface area contributed by atoms with Crippen molar-refractivity contribution < 1.29 is 4.79 Å². The van der Waals surface area contributed by atoms with Crippen molar-refractivity contribution in [1.82, 2.24) is 20.1 Å². The molecule has 1 aromatic carbocycles. The van der Waals surface area contributed by atoms with Crippen LogP contribution in [0.3, 0.4) is 0 Å². The average Bonchev–Trinajstić information content (AvgIpc) is 2.66. The van der Waals surface area contributed by atoms with Gasteiger partial charge in [0.15, 0.2) is 0 Å². The van der Waals surface area contributed by atoms with E-state index < -0.39 is 0 Å². The van der Waals surface area contributed by atoms with Gasteiger partial charge in [-0.1, -0.05) is 35.3 Å². The third-order valence-electron chi connectivity index (χ3n) is 4.59. The monoisotopic (exact) mass is 428 g/mol.